The topological polar surface area (TPSA) is 66.4 Å². The number of amides is 1. The van der Waals surface area contributed by atoms with E-state index in [2.05, 4.69) is 5.32 Å². The Morgan fingerprint density at radius 1 is 1.38 bits per heavy atom. The van der Waals surface area contributed by atoms with Gasteiger partial charge in [-0.25, -0.2) is 9.18 Å². The second kappa shape index (κ2) is 8.39. The van der Waals surface area contributed by atoms with Crippen LogP contribution in [0.2, 0.25) is 0 Å². The average molecular weight is 295 g/mol. The molecule has 1 rings (SSSR count). The zero-order valence-electron chi connectivity index (χ0n) is 12.5. The van der Waals surface area contributed by atoms with Gasteiger partial charge in [-0.15, -0.1) is 0 Å². The number of benzene rings is 1. The Kier molecular flexibility index (Phi) is 6.85. The van der Waals surface area contributed by atoms with Crippen molar-refractivity contribution in [1.29, 1.82) is 0 Å². The van der Waals surface area contributed by atoms with E-state index >= 15 is 0 Å². The molecular formula is C16H22FNO3. The lowest BCUT2D eigenvalue weighted by atomic mass is 10.0. The zero-order valence-corrected chi connectivity index (χ0v) is 12.5. The summed E-state index contributed by atoms with van der Waals surface area (Å²) < 4.78 is 13.1. The molecule has 21 heavy (non-hydrogen) atoms. The highest BCUT2D eigenvalue weighted by Gasteiger charge is 2.18. The van der Waals surface area contributed by atoms with Crippen molar-refractivity contribution in [3.05, 3.63) is 35.1 Å². The van der Waals surface area contributed by atoms with Crippen molar-refractivity contribution < 1.29 is 19.1 Å². The molecule has 1 atom stereocenters. The molecule has 0 bridgehead atoms. The Labute approximate surface area is 124 Å². The van der Waals surface area contributed by atoms with E-state index in [0.717, 1.165) is 5.56 Å². The van der Waals surface area contributed by atoms with E-state index in [4.69, 9.17) is 5.11 Å². The normalized spacial score (nSPS) is 12.0. The second-order valence-electron chi connectivity index (χ2n) is 5.18. The molecule has 2 N–H and O–H groups in total. The highest BCUT2D eigenvalue weighted by atomic mass is 19.1. The summed E-state index contributed by atoms with van der Waals surface area (Å²) in [5.74, 6) is -1.49. The number of carbonyl (C=O) groups is 2. The first kappa shape index (κ1) is 17.1. The third-order valence-corrected chi connectivity index (χ3v) is 3.30. The van der Waals surface area contributed by atoms with Crippen molar-refractivity contribution in [2.24, 2.45) is 0 Å². The van der Waals surface area contributed by atoms with Crippen LogP contribution in [0, 0.1) is 12.7 Å². The maximum atomic E-state index is 13.1. The number of aryl methyl sites for hydroxylation is 2. The van der Waals surface area contributed by atoms with Gasteiger partial charge in [0.2, 0.25) is 5.91 Å². The minimum atomic E-state index is -1.00. The molecule has 0 radical (unpaired) electrons. The fourth-order valence-corrected chi connectivity index (χ4v) is 2.13. The minimum absolute atomic E-state index is 0.236. The van der Waals surface area contributed by atoms with Gasteiger partial charge in [-0.1, -0.05) is 25.5 Å². The molecular weight excluding hydrogens is 273 g/mol. The molecule has 0 saturated heterocycles. The van der Waals surface area contributed by atoms with Crippen molar-refractivity contribution in [2.45, 2.75) is 52.0 Å². The van der Waals surface area contributed by atoms with Crippen LogP contribution < -0.4 is 5.32 Å². The van der Waals surface area contributed by atoms with E-state index in [1.165, 1.54) is 6.07 Å². The third kappa shape index (κ3) is 5.94. The summed E-state index contributed by atoms with van der Waals surface area (Å²) in [5, 5.41) is 11.5. The first-order valence-corrected chi connectivity index (χ1v) is 7.21. The van der Waals surface area contributed by atoms with Gasteiger partial charge < -0.3 is 10.4 Å². The fourth-order valence-electron chi connectivity index (χ4n) is 2.13. The number of nitrogens with one attached hydrogen (secondary N) is 1. The van der Waals surface area contributed by atoms with Crippen LogP contribution >= 0.6 is 0 Å². The van der Waals surface area contributed by atoms with E-state index in [0.29, 0.717) is 31.2 Å². The molecule has 0 aliphatic carbocycles. The Morgan fingerprint density at radius 3 is 2.67 bits per heavy atom. The van der Waals surface area contributed by atoms with Crippen molar-refractivity contribution in [1.82, 2.24) is 5.32 Å². The second-order valence-corrected chi connectivity index (χ2v) is 5.18. The van der Waals surface area contributed by atoms with Crippen LogP contribution in [0.15, 0.2) is 18.2 Å². The maximum absolute atomic E-state index is 13.1. The smallest absolute Gasteiger partial charge is 0.326 e. The highest BCUT2D eigenvalue weighted by Crippen LogP contribution is 2.11. The van der Waals surface area contributed by atoms with E-state index in [1.54, 1.807) is 19.1 Å². The van der Waals surface area contributed by atoms with Crippen LogP contribution in [0.4, 0.5) is 4.39 Å². The van der Waals surface area contributed by atoms with E-state index in [9.17, 15) is 14.0 Å². The van der Waals surface area contributed by atoms with Crippen LogP contribution in [0.1, 0.15) is 43.7 Å². The zero-order chi connectivity index (χ0) is 15.8. The summed E-state index contributed by atoms with van der Waals surface area (Å²) in [4.78, 5) is 22.6. The molecule has 1 aromatic carbocycles. The van der Waals surface area contributed by atoms with Gasteiger partial charge in [-0.05, 0) is 43.4 Å². The molecule has 1 amide bonds. The number of carboxylic acid groups (broad SMARTS) is 1. The fraction of sp³-hybridized carbons (Fsp3) is 0.500. The SMILES string of the molecule is CCCC(NC(=O)CCCc1ccc(F)c(C)c1)C(=O)O. The van der Waals surface area contributed by atoms with Crippen molar-refractivity contribution in [3.8, 4) is 0 Å². The molecule has 0 aliphatic heterocycles. The van der Waals surface area contributed by atoms with E-state index in [-0.39, 0.29) is 18.1 Å². The molecule has 0 aromatic heterocycles. The van der Waals surface area contributed by atoms with E-state index in [1.807, 2.05) is 6.92 Å². The van der Waals surface area contributed by atoms with Crippen LogP contribution in [-0.2, 0) is 16.0 Å². The number of carboxylic acids is 1. The number of aliphatic carboxylic acids is 1. The van der Waals surface area contributed by atoms with Crippen LogP contribution in [0.25, 0.3) is 0 Å². The third-order valence-electron chi connectivity index (χ3n) is 3.30. The molecule has 1 unspecified atom stereocenters. The molecule has 0 saturated carbocycles. The lowest BCUT2D eigenvalue weighted by Gasteiger charge is -2.13. The molecule has 1 aromatic rings. The van der Waals surface area contributed by atoms with Gasteiger partial charge in [0.25, 0.3) is 0 Å². The van der Waals surface area contributed by atoms with Gasteiger partial charge in [0.15, 0.2) is 0 Å². The Bertz CT molecular complexity index is 502. The molecule has 0 aliphatic rings. The predicted octanol–water partition coefficient (Wildman–Crippen LogP) is 2.83. The van der Waals surface area contributed by atoms with Gasteiger partial charge in [0.1, 0.15) is 11.9 Å². The minimum Gasteiger partial charge on any atom is -0.480 e. The molecule has 0 fully saturated rings. The lowest BCUT2D eigenvalue weighted by Crippen LogP contribution is -2.40. The number of rotatable bonds is 8. The summed E-state index contributed by atoms with van der Waals surface area (Å²) in [6, 6.07) is 4.09. The van der Waals surface area contributed by atoms with Crippen molar-refractivity contribution >= 4 is 11.9 Å². The molecule has 0 spiro atoms. The standard InChI is InChI=1S/C16H22FNO3/c1-3-5-14(16(20)21)18-15(19)7-4-6-12-8-9-13(17)11(2)10-12/h8-10,14H,3-7H2,1-2H3,(H,18,19)(H,20,21). The summed E-state index contributed by atoms with van der Waals surface area (Å²) >= 11 is 0. The Morgan fingerprint density at radius 2 is 2.10 bits per heavy atom. The maximum Gasteiger partial charge on any atom is 0.326 e. The molecule has 116 valence electrons. The van der Waals surface area contributed by atoms with Gasteiger partial charge in [0, 0.05) is 6.42 Å². The largest absolute Gasteiger partial charge is 0.480 e. The summed E-state index contributed by atoms with van der Waals surface area (Å²) in [6.07, 6.45) is 2.67. The number of halogens is 1. The first-order valence-electron chi connectivity index (χ1n) is 7.21. The quantitative estimate of drug-likeness (QED) is 0.775. The Hall–Kier alpha value is -1.91. The van der Waals surface area contributed by atoms with Crippen LogP contribution in [-0.4, -0.2) is 23.0 Å². The van der Waals surface area contributed by atoms with Gasteiger partial charge in [-0.3, -0.25) is 4.79 Å². The lowest BCUT2D eigenvalue weighted by molar-refractivity contribution is -0.142. The van der Waals surface area contributed by atoms with Crippen molar-refractivity contribution in [3.63, 3.8) is 0 Å². The monoisotopic (exact) mass is 295 g/mol. The van der Waals surface area contributed by atoms with Gasteiger partial charge >= 0.3 is 5.97 Å². The molecule has 5 heteroatoms. The molecule has 4 nitrogen and oxygen atoms in total. The predicted molar refractivity (Wildman–Crippen MR) is 78.5 cm³/mol. The Balaban J connectivity index is 2.39. The number of carbonyl (C=O) groups excluding carboxylic acids is 1. The van der Waals surface area contributed by atoms with E-state index < -0.39 is 12.0 Å². The number of hydrogen-bond acceptors (Lipinski definition) is 2. The summed E-state index contributed by atoms with van der Waals surface area (Å²) in [5.41, 5.74) is 1.57. The van der Waals surface area contributed by atoms with Crippen molar-refractivity contribution in [2.75, 3.05) is 0 Å². The summed E-state index contributed by atoms with van der Waals surface area (Å²) in [6.45, 7) is 3.58. The average Bonchev–Trinajstić information content (AvgIpc) is 2.42. The van der Waals surface area contributed by atoms with Crippen LogP contribution in [0.5, 0.6) is 0 Å². The van der Waals surface area contributed by atoms with Crippen LogP contribution in [0.3, 0.4) is 0 Å². The highest BCUT2D eigenvalue weighted by molar-refractivity contribution is 5.83. The molecule has 0 heterocycles. The van der Waals surface area contributed by atoms with Gasteiger partial charge in [0.05, 0.1) is 0 Å². The first-order chi connectivity index (χ1) is 9.93. The van der Waals surface area contributed by atoms with Gasteiger partial charge in [-0.2, -0.15) is 0 Å². The summed E-state index contributed by atoms with van der Waals surface area (Å²) in [7, 11) is 0. The number of hydrogen-bond donors (Lipinski definition) is 2.